The second-order valence-corrected chi connectivity index (χ2v) is 6.69. The second kappa shape index (κ2) is 6.88. The summed E-state index contributed by atoms with van der Waals surface area (Å²) in [6, 6.07) is 1.69. The highest BCUT2D eigenvalue weighted by atomic mass is 79.9. The Morgan fingerprint density at radius 2 is 2.06 bits per heavy atom. The van der Waals surface area contributed by atoms with Gasteiger partial charge in [-0.25, -0.2) is 0 Å². The van der Waals surface area contributed by atoms with Gasteiger partial charge in [0.1, 0.15) is 12.4 Å². The molecule has 0 aliphatic heterocycles. The molecule has 0 bridgehead atoms. The van der Waals surface area contributed by atoms with Crippen molar-refractivity contribution in [3.8, 4) is 11.5 Å². The summed E-state index contributed by atoms with van der Waals surface area (Å²) in [6.45, 7) is 2.26. The van der Waals surface area contributed by atoms with Crippen LogP contribution in [0.2, 0.25) is 10.0 Å². The molecule has 0 atom stereocenters. The maximum Gasteiger partial charge on any atom is 0.156 e. The molecular weight excluding hydrogens is 395 g/mol. The SMILES string of the molecule is COc1c(Cl)cc(OCC=C(Br)Br)c(C)c1Cl. The second-order valence-electron chi connectivity index (χ2n) is 3.13. The molecule has 0 N–H and O–H groups in total. The van der Waals surface area contributed by atoms with Crippen molar-refractivity contribution in [2.75, 3.05) is 13.7 Å². The van der Waals surface area contributed by atoms with E-state index < -0.39 is 0 Å². The van der Waals surface area contributed by atoms with Crippen LogP contribution in [0.3, 0.4) is 0 Å². The molecule has 0 fully saturated rings. The number of rotatable bonds is 4. The first-order valence-electron chi connectivity index (χ1n) is 4.64. The standard InChI is InChI=1S/C11H10Br2Cl2O2/c1-6-8(17-4-3-9(12)13)5-7(14)11(16-2)10(6)15/h3,5H,4H2,1-2H3. The number of halogens is 4. The predicted octanol–water partition coefficient (Wildman–Crippen LogP) is 5.32. The van der Waals surface area contributed by atoms with E-state index in [9.17, 15) is 0 Å². The average molecular weight is 405 g/mol. The molecular formula is C11H10Br2Cl2O2. The van der Waals surface area contributed by atoms with Gasteiger partial charge in [-0.3, -0.25) is 0 Å². The zero-order valence-electron chi connectivity index (χ0n) is 9.19. The highest BCUT2D eigenvalue weighted by molar-refractivity contribution is 9.28. The Labute approximate surface area is 127 Å². The van der Waals surface area contributed by atoms with Crippen LogP contribution < -0.4 is 9.47 Å². The van der Waals surface area contributed by atoms with Crippen LogP contribution in [0.1, 0.15) is 5.56 Å². The molecule has 0 aromatic heterocycles. The molecule has 0 heterocycles. The Bertz CT molecular complexity index is 444. The van der Waals surface area contributed by atoms with Gasteiger partial charge < -0.3 is 9.47 Å². The zero-order chi connectivity index (χ0) is 13.0. The number of hydrogen-bond acceptors (Lipinski definition) is 2. The molecule has 2 nitrogen and oxygen atoms in total. The van der Waals surface area contributed by atoms with Crippen molar-refractivity contribution in [2.24, 2.45) is 0 Å². The lowest BCUT2D eigenvalue weighted by molar-refractivity contribution is 0.358. The van der Waals surface area contributed by atoms with Crippen molar-refractivity contribution in [1.82, 2.24) is 0 Å². The highest BCUT2D eigenvalue weighted by Gasteiger charge is 2.14. The molecule has 6 heteroatoms. The van der Waals surface area contributed by atoms with Gasteiger partial charge in [-0.1, -0.05) is 23.2 Å². The van der Waals surface area contributed by atoms with Gasteiger partial charge in [0, 0.05) is 11.6 Å². The normalized spacial score (nSPS) is 10.0. The molecule has 17 heavy (non-hydrogen) atoms. The van der Waals surface area contributed by atoms with Gasteiger partial charge >= 0.3 is 0 Å². The van der Waals surface area contributed by atoms with Crippen LogP contribution in [0.25, 0.3) is 0 Å². The summed E-state index contributed by atoms with van der Waals surface area (Å²) < 4.78 is 11.5. The fourth-order valence-electron chi connectivity index (χ4n) is 1.20. The summed E-state index contributed by atoms with van der Waals surface area (Å²) in [4.78, 5) is 0. The van der Waals surface area contributed by atoms with Crippen LogP contribution in [-0.2, 0) is 0 Å². The Morgan fingerprint density at radius 3 is 2.59 bits per heavy atom. The van der Waals surface area contributed by atoms with E-state index in [1.165, 1.54) is 7.11 Å². The molecule has 0 aliphatic carbocycles. The van der Waals surface area contributed by atoms with E-state index in [4.69, 9.17) is 32.7 Å². The van der Waals surface area contributed by atoms with E-state index >= 15 is 0 Å². The van der Waals surface area contributed by atoms with Gasteiger partial charge in [-0.15, -0.1) is 0 Å². The summed E-state index contributed by atoms with van der Waals surface area (Å²) >= 11 is 18.6. The van der Waals surface area contributed by atoms with E-state index in [0.29, 0.717) is 28.2 Å². The first-order chi connectivity index (χ1) is 7.97. The van der Waals surface area contributed by atoms with E-state index in [0.717, 1.165) is 8.96 Å². The van der Waals surface area contributed by atoms with E-state index in [-0.39, 0.29) is 0 Å². The molecule has 0 aliphatic rings. The third-order valence-corrected chi connectivity index (χ3v) is 3.44. The van der Waals surface area contributed by atoms with Crippen molar-refractivity contribution >= 4 is 55.1 Å². The third kappa shape index (κ3) is 4.05. The fraction of sp³-hybridized carbons (Fsp3) is 0.273. The zero-order valence-corrected chi connectivity index (χ0v) is 13.9. The van der Waals surface area contributed by atoms with Crippen LogP contribution in [0.5, 0.6) is 11.5 Å². The number of benzene rings is 1. The molecule has 1 aromatic rings. The fourth-order valence-corrected chi connectivity index (χ4v) is 2.06. The molecule has 0 saturated carbocycles. The van der Waals surface area contributed by atoms with Crippen molar-refractivity contribution in [3.05, 3.63) is 31.1 Å². The molecule has 0 saturated heterocycles. The van der Waals surface area contributed by atoms with Crippen molar-refractivity contribution in [2.45, 2.75) is 6.92 Å². The monoisotopic (exact) mass is 402 g/mol. The number of methoxy groups -OCH3 is 1. The minimum Gasteiger partial charge on any atom is -0.494 e. The Kier molecular flexibility index (Phi) is 6.13. The molecule has 94 valence electrons. The third-order valence-electron chi connectivity index (χ3n) is 2.05. The van der Waals surface area contributed by atoms with Crippen LogP contribution in [-0.4, -0.2) is 13.7 Å². The highest BCUT2D eigenvalue weighted by Crippen LogP contribution is 2.40. The van der Waals surface area contributed by atoms with Crippen LogP contribution in [0.4, 0.5) is 0 Å². The van der Waals surface area contributed by atoms with E-state index in [1.54, 1.807) is 6.07 Å². The summed E-state index contributed by atoms with van der Waals surface area (Å²) in [5, 5.41) is 0.900. The quantitative estimate of drug-likeness (QED) is 0.676. The summed E-state index contributed by atoms with van der Waals surface area (Å²) in [7, 11) is 1.53. The van der Waals surface area contributed by atoms with Gasteiger partial charge in [-0.2, -0.15) is 0 Å². The van der Waals surface area contributed by atoms with Crippen LogP contribution in [0, 0.1) is 6.92 Å². The van der Waals surface area contributed by atoms with Gasteiger partial charge in [-0.05, 0) is 44.9 Å². The largest absolute Gasteiger partial charge is 0.494 e. The van der Waals surface area contributed by atoms with Crippen molar-refractivity contribution in [3.63, 3.8) is 0 Å². The average Bonchev–Trinajstić information content (AvgIpc) is 2.25. The number of ether oxygens (including phenoxy) is 2. The first kappa shape index (κ1) is 15.2. The topological polar surface area (TPSA) is 18.5 Å². The Morgan fingerprint density at radius 1 is 1.41 bits per heavy atom. The predicted molar refractivity (Wildman–Crippen MR) is 79.2 cm³/mol. The maximum absolute atomic E-state index is 6.12. The first-order valence-corrected chi connectivity index (χ1v) is 6.98. The van der Waals surface area contributed by atoms with Crippen molar-refractivity contribution < 1.29 is 9.47 Å². The lowest BCUT2D eigenvalue weighted by Gasteiger charge is -2.13. The summed E-state index contributed by atoms with van der Waals surface area (Å²) in [5.74, 6) is 1.11. The Hall–Kier alpha value is 0.1000. The van der Waals surface area contributed by atoms with Gasteiger partial charge in [0.2, 0.25) is 0 Å². The molecule has 1 rings (SSSR count). The molecule has 0 unspecified atom stereocenters. The molecule has 1 aromatic carbocycles. The van der Waals surface area contributed by atoms with Gasteiger partial charge in [0.25, 0.3) is 0 Å². The van der Waals surface area contributed by atoms with E-state index in [2.05, 4.69) is 31.9 Å². The maximum atomic E-state index is 6.12. The van der Waals surface area contributed by atoms with Gasteiger partial charge in [0.05, 0.1) is 20.5 Å². The molecule has 0 amide bonds. The van der Waals surface area contributed by atoms with Crippen LogP contribution in [0.15, 0.2) is 15.5 Å². The van der Waals surface area contributed by atoms with Crippen molar-refractivity contribution in [1.29, 1.82) is 0 Å². The lowest BCUT2D eigenvalue weighted by atomic mass is 10.2. The summed E-state index contributed by atoms with van der Waals surface area (Å²) in [6.07, 6.45) is 1.82. The minimum atomic E-state index is 0.408. The lowest BCUT2D eigenvalue weighted by Crippen LogP contribution is -1.98. The Balaban J connectivity index is 2.98. The smallest absolute Gasteiger partial charge is 0.156 e. The van der Waals surface area contributed by atoms with E-state index in [1.807, 2.05) is 13.0 Å². The summed E-state index contributed by atoms with van der Waals surface area (Å²) in [5.41, 5.74) is 0.798. The number of hydrogen-bond donors (Lipinski definition) is 0. The molecule has 0 spiro atoms. The molecule has 0 radical (unpaired) electrons. The van der Waals surface area contributed by atoms with Crippen LogP contribution >= 0.6 is 55.1 Å². The minimum absolute atomic E-state index is 0.408. The van der Waals surface area contributed by atoms with Gasteiger partial charge in [0.15, 0.2) is 5.75 Å².